The fourth-order valence-electron chi connectivity index (χ4n) is 8.49. The van der Waals surface area contributed by atoms with Crippen LogP contribution in [0.5, 0.6) is 11.5 Å². The minimum atomic E-state index is -0.879. The number of unbranched alkanes of at least 4 members (excludes halogenated alkanes) is 2. The number of hydrogen-bond donors (Lipinski definition) is 4. The molecule has 0 fully saturated rings. The lowest BCUT2D eigenvalue weighted by Crippen LogP contribution is -2.18. The first kappa shape index (κ1) is 56.0. The highest BCUT2D eigenvalue weighted by Crippen LogP contribution is 2.37. The molecule has 10 nitrogen and oxygen atoms in total. The first-order valence-electron chi connectivity index (χ1n) is 24.9. The minimum Gasteiger partial charge on any atom is -0.478 e. The van der Waals surface area contributed by atoms with E-state index in [0.717, 1.165) is 45.5 Å². The summed E-state index contributed by atoms with van der Waals surface area (Å²) in [5, 5.41) is 39.0. The lowest BCUT2D eigenvalue weighted by atomic mass is 9.80. The average molecular weight is 983 g/mol. The van der Waals surface area contributed by atoms with E-state index in [9.17, 15) is 19.2 Å². The van der Waals surface area contributed by atoms with Gasteiger partial charge in [0, 0.05) is 30.8 Å². The summed E-state index contributed by atoms with van der Waals surface area (Å²) in [5.41, 5.74) is 3.28. The van der Waals surface area contributed by atoms with Gasteiger partial charge in [-0.2, -0.15) is 0 Å². The third-order valence-corrected chi connectivity index (χ3v) is 12.3. The molecule has 0 aliphatic rings. The summed E-state index contributed by atoms with van der Waals surface area (Å²) in [6.07, 6.45) is 9.58. The van der Waals surface area contributed by atoms with E-state index in [4.69, 9.17) is 29.9 Å². The van der Waals surface area contributed by atoms with Crippen molar-refractivity contribution in [3.63, 3.8) is 0 Å². The van der Waals surface area contributed by atoms with Crippen molar-refractivity contribution < 1.29 is 49.1 Å². The second-order valence-corrected chi connectivity index (χ2v) is 17.4. The van der Waals surface area contributed by atoms with Gasteiger partial charge in [-0.25, -0.2) is 19.2 Å². The minimum absolute atomic E-state index is 0.294. The van der Waals surface area contributed by atoms with E-state index < -0.39 is 23.9 Å². The zero-order valence-corrected chi connectivity index (χ0v) is 41.6. The summed E-state index contributed by atoms with van der Waals surface area (Å²) in [6, 6.07) is 58.0. The Morgan fingerprint density at radius 2 is 0.712 bits per heavy atom. The van der Waals surface area contributed by atoms with Crippen molar-refractivity contribution in [2.24, 2.45) is 11.8 Å². The molecule has 8 aromatic carbocycles. The van der Waals surface area contributed by atoms with Gasteiger partial charge in [-0.05, 0) is 107 Å². The van der Waals surface area contributed by atoms with E-state index in [2.05, 4.69) is 13.8 Å². The highest BCUT2D eigenvalue weighted by molar-refractivity contribution is 5.96. The predicted molar refractivity (Wildman–Crippen MR) is 290 cm³/mol. The van der Waals surface area contributed by atoms with E-state index in [1.54, 1.807) is 109 Å². The Morgan fingerprint density at radius 1 is 0.397 bits per heavy atom. The van der Waals surface area contributed by atoms with Crippen LogP contribution in [0.4, 0.5) is 0 Å². The summed E-state index contributed by atoms with van der Waals surface area (Å²) in [6.45, 7) is 5.01. The molecule has 0 aliphatic carbocycles. The molecule has 0 spiro atoms. The van der Waals surface area contributed by atoms with E-state index in [-0.39, 0.29) is 0 Å². The van der Waals surface area contributed by atoms with Gasteiger partial charge < -0.3 is 29.9 Å². The molecular formula is C63H66O10. The van der Waals surface area contributed by atoms with Gasteiger partial charge in [0.15, 0.2) is 0 Å². The molecule has 0 saturated heterocycles. The number of carboxylic acids is 2. The van der Waals surface area contributed by atoms with Crippen LogP contribution in [0.25, 0.3) is 21.5 Å². The number of aliphatic hydroxyl groups is 2. The molecule has 0 aliphatic heterocycles. The van der Waals surface area contributed by atoms with Crippen LogP contribution in [0.15, 0.2) is 194 Å². The van der Waals surface area contributed by atoms with Crippen LogP contribution >= 0.6 is 0 Å². The van der Waals surface area contributed by atoms with Crippen LogP contribution in [0, 0.1) is 11.8 Å². The number of carbonyl (C=O) groups excluding carboxylic acids is 2. The number of fused-ring (bicyclic) bond motifs is 2. The Hall–Kier alpha value is -7.92. The largest absolute Gasteiger partial charge is 0.478 e. The van der Waals surface area contributed by atoms with Gasteiger partial charge in [0.05, 0.1) is 22.3 Å². The number of ether oxygens (including phenoxy) is 2. The zero-order chi connectivity index (χ0) is 52.2. The Kier molecular flexibility index (Phi) is 23.6. The predicted octanol–water partition coefficient (Wildman–Crippen LogP) is 14.2. The first-order valence-corrected chi connectivity index (χ1v) is 24.9. The van der Waals surface area contributed by atoms with Crippen molar-refractivity contribution in [2.75, 3.05) is 13.2 Å². The number of esters is 2. The van der Waals surface area contributed by atoms with E-state index in [0.29, 0.717) is 65.2 Å². The summed E-state index contributed by atoms with van der Waals surface area (Å²) in [7, 11) is 0. The molecule has 2 atom stereocenters. The van der Waals surface area contributed by atoms with Gasteiger partial charge in [-0.1, -0.05) is 186 Å². The number of aromatic carboxylic acids is 2. The van der Waals surface area contributed by atoms with Crippen LogP contribution in [-0.4, -0.2) is 57.5 Å². The van der Waals surface area contributed by atoms with Crippen LogP contribution in [0.2, 0.25) is 0 Å². The summed E-state index contributed by atoms with van der Waals surface area (Å²) in [5.74, 6) is -0.452. The molecule has 73 heavy (non-hydrogen) atoms. The third-order valence-electron chi connectivity index (χ3n) is 12.3. The van der Waals surface area contributed by atoms with Crippen LogP contribution < -0.4 is 9.47 Å². The van der Waals surface area contributed by atoms with Crippen molar-refractivity contribution >= 4 is 45.4 Å². The van der Waals surface area contributed by atoms with Gasteiger partial charge in [-0.3, -0.25) is 0 Å². The quantitative estimate of drug-likeness (QED) is 0.0452. The lowest BCUT2D eigenvalue weighted by molar-refractivity contribution is 0.0686. The maximum absolute atomic E-state index is 13.0. The molecule has 0 aromatic heterocycles. The zero-order valence-electron chi connectivity index (χ0n) is 41.6. The molecule has 0 amide bonds. The standard InChI is InChI=1S/C35H24O4.C14H30O2.2C7H6O2/c36-34(26-13-3-1-4-14-26)38-32-21-19-24-11-7-9-17-28(24)30(32)23-31-29-18-10-8-12-25(29)20-22-33(31)39-35(37)27-15-5-2-6-16-27;1-3-5-7-13(9-11-15)14(10-12-16)8-6-4-2;2*8-7(9)6-4-2-1-3-5-6/h1-22H,23H2;13-16H,3-12H2,1-2H3;2*1-5H,(H,8,9). The molecule has 8 aromatic rings. The van der Waals surface area contributed by atoms with Crippen molar-refractivity contribution in [3.05, 3.63) is 228 Å². The molecule has 378 valence electrons. The molecule has 0 bridgehead atoms. The number of aliphatic hydroxyl groups excluding tert-OH is 2. The number of benzene rings is 8. The van der Waals surface area contributed by atoms with Crippen molar-refractivity contribution in [3.8, 4) is 11.5 Å². The summed E-state index contributed by atoms with van der Waals surface area (Å²) >= 11 is 0. The monoisotopic (exact) mass is 982 g/mol. The number of rotatable bonds is 19. The fraction of sp³-hybridized carbons (Fsp3) is 0.238. The van der Waals surface area contributed by atoms with Crippen molar-refractivity contribution in [1.29, 1.82) is 0 Å². The van der Waals surface area contributed by atoms with Gasteiger partial charge in [0.25, 0.3) is 0 Å². The van der Waals surface area contributed by atoms with Crippen molar-refractivity contribution in [1.82, 2.24) is 0 Å². The van der Waals surface area contributed by atoms with E-state index in [1.165, 1.54) is 38.5 Å². The fourth-order valence-corrected chi connectivity index (χ4v) is 8.49. The normalized spacial score (nSPS) is 11.3. The molecule has 0 saturated carbocycles. The van der Waals surface area contributed by atoms with Crippen LogP contribution in [0.3, 0.4) is 0 Å². The second-order valence-electron chi connectivity index (χ2n) is 17.4. The lowest BCUT2D eigenvalue weighted by Gasteiger charge is -2.26. The van der Waals surface area contributed by atoms with E-state index in [1.807, 2.05) is 84.9 Å². The summed E-state index contributed by atoms with van der Waals surface area (Å²) < 4.78 is 11.9. The van der Waals surface area contributed by atoms with Crippen LogP contribution in [-0.2, 0) is 6.42 Å². The van der Waals surface area contributed by atoms with E-state index >= 15 is 0 Å². The molecule has 4 N–H and O–H groups in total. The topological polar surface area (TPSA) is 168 Å². The Balaban J connectivity index is 0.000000236. The smallest absolute Gasteiger partial charge is 0.343 e. The number of hydrogen-bond acceptors (Lipinski definition) is 8. The average Bonchev–Trinajstić information content (AvgIpc) is 3.43. The van der Waals surface area contributed by atoms with Crippen molar-refractivity contribution in [2.45, 2.75) is 71.6 Å². The Labute approximate surface area is 428 Å². The number of carboxylic acid groups (broad SMARTS) is 2. The summed E-state index contributed by atoms with van der Waals surface area (Å²) in [4.78, 5) is 46.5. The maximum Gasteiger partial charge on any atom is 0.343 e. The van der Waals surface area contributed by atoms with Gasteiger partial charge in [-0.15, -0.1) is 0 Å². The number of carbonyl (C=O) groups is 4. The first-order chi connectivity index (χ1) is 35.6. The van der Waals surface area contributed by atoms with Gasteiger partial charge in [0.2, 0.25) is 0 Å². The molecule has 8 rings (SSSR count). The molecule has 0 heterocycles. The Morgan fingerprint density at radius 3 is 1.01 bits per heavy atom. The van der Waals surface area contributed by atoms with Gasteiger partial charge >= 0.3 is 23.9 Å². The Bertz CT molecular complexity index is 2720. The molecule has 0 radical (unpaired) electrons. The highest BCUT2D eigenvalue weighted by atomic mass is 16.5. The third kappa shape index (κ3) is 17.7. The highest BCUT2D eigenvalue weighted by Gasteiger charge is 2.21. The molecule has 2 unspecified atom stereocenters. The van der Waals surface area contributed by atoms with Gasteiger partial charge in [0.1, 0.15) is 11.5 Å². The molecule has 10 heteroatoms. The molecular weight excluding hydrogens is 917 g/mol. The SMILES string of the molecule is CCCCC(CCO)C(CCO)CCCC.O=C(O)c1ccccc1.O=C(O)c1ccccc1.O=C(Oc1ccc2ccccc2c1Cc1c(OC(=O)c2ccccc2)ccc2ccccc12)c1ccccc1. The van der Waals surface area contributed by atoms with Crippen LogP contribution in [0.1, 0.15) is 118 Å². The second kappa shape index (κ2) is 30.7. The maximum atomic E-state index is 13.0.